The van der Waals surface area contributed by atoms with E-state index in [1.54, 1.807) is 42.4 Å². The van der Waals surface area contributed by atoms with Crippen LogP contribution in [0.4, 0.5) is 15.8 Å². The highest BCUT2D eigenvalue weighted by molar-refractivity contribution is 7.19. The Hall–Kier alpha value is -2.21. The lowest BCUT2D eigenvalue weighted by Crippen LogP contribution is -2.13. The third-order valence-electron chi connectivity index (χ3n) is 4.05. The van der Waals surface area contributed by atoms with Crippen LogP contribution in [-0.2, 0) is 0 Å². The van der Waals surface area contributed by atoms with Crippen LogP contribution in [0.15, 0.2) is 54.7 Å². The Balaban J connectivity index is 1.99. The van der Waals surface area contributed by atoms with Crippen LogP contribution in [-0.4, -0.2) is 17.0 Å². The molecule has 3 aromatic heterocycles. The first-order valence-electron chi connectivity index (χ1n) is 7.74. The van der Waals surface area contributed by atoms with E-state index in [4.69, 9.17) is 23.2 Å². The van der Waals surface area contributed by atoms with Gasteiger partial charge in [0.2, 0.25) is 0 Å². The maximum atomic E-state index is 15.5. The zero-order valence-electron chi connectivity index (χ0n) is 13.6. The maximum absolute atomic E-state index is 15.5. The van der Waals surface area contributed by atoms with Crippen LogP contribution in [0, 0.1) is 5.82 Å². The topological polar surface area (TPSA) is 29.0 Å². The molecule has 4 aromatic rings. The van der Waals surface area contributed by atoms with Gasteiger partial charge in [-0.3, -0.25) is 0 Å². The van der Waals surface area contributed by atoms with E-state index in [9.17, 15) is 0 Å². The summed E-state index contributed by atoms with van der Waals surface area (Å²) in [6, 6.07) is 14.5. The molecule has 130 valence electrons. The van der Waals surface area contributed by atoms with Crippen LogP contribution in [0.1, 0.15) is 0 Å². The zero-order chi connectivity index (χ0) is 18.3. The van der Waals surface area contributed by atoms with Gasteiger partial charge in [-0.05, 0) is 30.3 Å². The molecule has 1 aromatic carbocycles. The molecule has 0 fully saturated rings. The Morgan fingerprint density at radius 3 is 2.62 bits per heavy atom. The fraction of sp³-hybridized carbons (Fsp3) is 0.0526. The highest BCUT2D eigenvalue weighted by Crippen LogP contribution is 2.40. The van der Waals surface area contributed by atoms with Gasteiger partial charge in [-0.2, -0.15) is 0 Å². The number of hydrogen-bond donors (Lipinski definition) is 0. The molecule has 4 rings (SSSR count). The van der Waals surface area contributed by atoms with Gasteiger partial charge >= 0.3 is 0 Å². The first-order valence-corrected chi connectivity index (χ1v) is 9.31. The minimum atomic E-state index is -0.405. The molecule has 0 atom stereocenters. The Morgan fingerprint density at radius 1 is 1.08 bits per heavy atom. The molecule has 0 aliphatic heterocycles. The summed E-state index contributed by atoms with van der Waals surface area (Å²) >= 11 is 13.3. The second-order valence-corrected chi connectivity index (χ2v) is 7.74. The number of pyridine rings is 2. The van der Waals surface area contributed by atoms with E-state index >= 15 is 4.39 Å². The second-order valence-electron chi connectivity index (χ2n) is 5.64. The van der Waals surface area contributed by atoms with Gasteiger partial charge in [0.15, 0.2) is 5.82 Å². The van der Waals surface area contributed by atoms with E-state index in [2.05, 4.69) is 9.97 Å². The van der Waals surface area contributed by atoms with Crippen molar-refractivity contribution in [2.75, 3.05) is 11.9 Å². The summed E-state index contributed by atoms with van der Waals surface area (Å²) in [6.45, 7) is 0. The van der Waals surface area contributed by atoms with Crippen LogP contribution in [0.25, 0.3) is 21.5 Å². The summed E-state index contributed by atoms with van der Waals surface area (Å²) in [5.74, 6) is -0.405. The molecule has 0 bridgehead atoms. The SMILES string of the molecule is CN(c1ccnc(Cl)c1)c1c(F)c(-c2ccc(Cl)s2)nc2ccccc12. The van der Waals surface area contributed by atoms with Crippen LogP contribution in [0.5, 0.6) is 0 Å². The van der Waals surface area contributed by atoms with Gasteiger partial charge in [0, 0.05) is 24.3 Å². The molecule has 0 aliphatic carbocycles. The van der Waals surface area contributed by atoms with Crippen molar-refractivity contribution in [3.63, 3.8) is 0 Å². The van der Waals surface area contributed by atoms with Crippen LogP contribution in [0.2, 0.25) is 9.49 Å². The average Bonchev–Trinajstić information content (AvgIpc) is 3.07. The van der Waals surface area contributed by atoms with Crippen molar-refractivity contribution >= 4 is 56.8 Å². The maximum Gasteiger partial charge on any atom is 0.174 e. The van der Waals surface area contributed by atoms with Crippen molar-refractivity contribution < 1.29 is 4.39 Å². The van der Waals surface area contributed by atoms with Gasteiger partial charge in [0.1, 0.15) is 10.8 Å². The molecule has 0 aliphatic rings. The van der Waals surface area contributed by atoms with Crippen LogP contribution in [0.3, 0.4) is 0 Å². The summed E-state index contributed by atoms with van der Waals surface area (Å²) in [5, 5.41) is 1.06. The third-order valence-corrected chi connectivity index (χ3v) is 5.49. The van der Waals surface area contributed by atoms with Gasteiger partial charge in [-0.25, -0.2) is 14.4 Å². The number of nitrogens with zero attached hydrogens (tertiary/aromatic N) is 3. The number of para-hydroxylation sites is 1. The predicted octanol–water partition coefficient (Wildman–Crippen LogP) is 6.57. The number of benzene rings is 1. The minimum absolute atomic E-state index is 0.280. The molecule has 7 heteroatoms. The fourth-order valence-corrected chi connectivity index (χ4v) is 4.03. The average molecular weight is 404 g/mol. The normalized spacial score (nSPS) is 11.1. The number of fused-ring (bicyclic) bond motifs is 1. The number of aromatic nitrogens is 2. The molecule has 0 unspecified atom stereocenters. The Labute approximate surface area is 163 Å². The lowest BCUT2D eigenvalue weighted by Gasteiger charge is -2.23. The van der Waals surface area contributed by atoms with Gasteiger partial charge in [0.25, 0.3) is 0 Å². The smallest absolute Gasteiger partial charge is 0.174 e. The lowest BCUT2D eigenvalue weighted by molar-refractivity contribution is 0.628. The van der Waals surface area contributed by atoms with Crippen molar-refractivity contribution in [1.82, 2.24) is 9.97 Å². The Bertz CT molecular complexity index is 1110. The van der Waals surface area contributed by atoms with E-state index in [0.29, 0.717) is 31.0 Å². The van der Waals surface area contributed by atoms with E-state index < -0.39 is 5.82 Å². The minimum Gasteiger partial charge on any atom is -0.341 e. The van der Waals surface area contributed by atoms with Crippen LogP contribution < -0.4 is 4.90 Å². The van der Waals surface area contributed by atoms with Crippen LogP contribution >= 0.6 is 34.5 Å². The number of halogens is 3. The molecule has 26 heavy (non-hydrogen) atoms. The van der Waals surface area contributed by atoms with Gasteiger partial charge < -0.3 is 4.90 Å². The highest BCUT2D eigenvalue weighted by Gasteiger charge is 2.21. The first kappa shape index (κ1) is 17.2. The van der Waals surface area contributed by atoms with E-state index in [0.717, 1.165) is 5.69 Å². The molecular weight excluding hydrogens is 392 g/mol. The Kier molecular flexibility index (Phi) is 4.53. The predicted molar refractivity (Wildman–Crippen MR) is 107 cm³/mol. The van der Waals surface area contributed by atoms with Crippen molar-refractivity contribution in [2.24, 2.45) is 0 Å². The molecule has 3 heterocycles. The summed E-state index contributed by atoms with van der Waals surface area (Å²) in [6.07, 6.45) is 1.59. The van der Waals surface area contributed by atoms with Gasteiger partial charge in [0.05, 0.1) is 20.4 Å². The first-order chi connectivity index (χ1) is 12.5. The molecule has 0 N–H and O–H groups in total. The van der Waals surface area contributed by atoms with Crippen molar-refractivity contribution in [3.05, 3.63) is 70.0 Å². The zero-order valence-corrected chi connectivity index (χ0v) is 15.9. The third kappa shape index (κ3) is 3.03. The van der Waals surface area contributed by atoms with Crippen molar-refractivity contribution in [3.8, 4) is 10.6 Å². The highest BCUT2D eigenvalue weighted by atomic mass is 35.5. The summed E-state index contributed by atoms with van der Waals surface area (Å²) in [4.78, 5) is 10.9. The standard InChI is InChI=1S/C19H12Cl2FN3S/c1-25(11-8-9-23-15(20)10-11)19-12-4-2-3-5-13(12)24-18(17(19)22)14-6-7-16(21)26-14/h2-10H,1H3. The molecule has 0 saturated heterocycles. The largest absolute Gasteiger partial charge is 0.341 e. The van der Waals surface area contributed by atoms with Gasteiger partial charge in [-0.15, -0.1) is 11.3 Å². The number of hydrogen-bond acceptors (Lipinski definition) is 4. The lowest BCUT2D eigenvalue weighted by atomic mass is 10.1. The second kappa shape index (κ2) is 6.83. The molecule has 3 nitrogen and oxygen atoms in total. The van der Waals surface area contributed by atoms with E-state index in [1.807, 2.05) is 24.3 Å². The monoisotopic (exact) mass is 403 g/mol. The van der Waals surface area contributed by atoms with E-state index in [1.165, 1.54) is 11.3 Å². The molecule has 0 amide bonds. The van der Waals surface area contributed by atoms with Crippen molar-refractivity contribution in [1.29, 1.82) is 0 Å². The fourth-order valence-electron chi connectivity index (χ4n) is 2.83. The number of rotatable bonds is 3. The molecule has 0 spiro atoms. The summed E-state index contributed by atoms with van der Waals surface area (Å²) in [7, 11) is 1.79. The van der Waals surface area contributed by atoms with Crippen molar-refractivity contribution in [2.45, 2.75) is 0 Å². The van der Waals surface area contributed by atoms with Gasteiger partial charge in [-0.1, -0.05) is 41.4 Å². The molecular formula is C19H12Cl2FN3S. The summed E-state index contributed by atoms with van der Waals surface area (Å²) in [5.41, 5.74) is 2.14. The number of thiophene rings is 1. The molecule has 0 saturated carbocycles. The Morgan fingerprint density at radius 2 is 1.88 bits per heavy atom. The number of anilines is 2. The molecule has 0 radical (unpaired) electrons. The summed E-state index contributed by atoms with van der Waals surface area (Å²) < 4.78 is 16.1. The quantitative estimate of drug-likeness (QED) is 0.362. The van der Waals surface area contributed by atoms with E-state index in [-0.39, 0.29) is 5.69 Å².